The fourth-order valence-corrected chi connectivity index (χ4v) is 4.23. The summed E-state index contributed by atoms with van der Waals surface area (Å²) in [5.74, 6) is 1.03. The zero-order valence-corrected chi connectivity index (χ0v) is 14.6. The van der Waals surface area contributed by atoms with E-state index in [4.69, 9.17) is 10.1 Å². The van der Waals surface area contributed by atoms with Crippen LogP contribution in [0.3, 0.4) is 0 Å². The van der Waals surface area contributed by atoms with Gasteiger partial charge in [0.15, 0.2) is 5.65 Å². The average Bonchev–Trinajstić information content (AvgIpc) is 3.14. The number of rotatable bonds is 2. The van der Waals surface area contributed by atoms with Crippen molar-refractivity contribution in [2.24, 2.45) is 5.92 Å². The lowest BCUT2D eigenvalue weighted by Gasteiger charge is -2.14. The minimum Gasteiger partial charge on any atom is -0.265 e. The number of H-pyrrole nitrogens is 1. The van der Waals surface area contributed by atoms with E-state index in [2.05, 4.69) is 24.8 Å². The van der Waals surface area contributed by atoms with Crippen molar-refractivity contribution in [3.05, 3.63) is 41.9 Å². The molecule has 7 nitrogen and oxygen atoms in total. The van der Waals surface area contributed by atoms with E-state index < -0.39 is 0 Å². The second-order valence-corrected chi connectivity index (χ2v) is 7.33. The molecule has 1 fully saturated rings. The minimum atomic E-state index is -0.360. The molecule has 0 aromatic carbocycles. The predicted molar refractivity (Wildman–Crippen MR) is 96.3 cm³/mol. The molecule has 134 valence electrons. The van der Waals surface area contributed by atoms with Gasteiger partial charge in [-0.1, -0.05) is 0 Å². The number of pyridine rings is 1. The topological polar surface area (TPSA) is 85.2 Å². The Bertz CT molecular complexity index is 1190. The van der Waals surface area contributed by atoms with Gasteiger partial charge in [0.2, 0.25) is 0 Å². The lowest BCUT2D eigenvalue weighted by molar-refractivity contribution is 0.494. The van der Waals surface area contributed by atoms with Crippen molar-refractivity contribution in [2.75, 3.05) is 0 Å². The Hall–Kier alpha value is -3.16. The molecule has 1 saturated carbocycles. The molecule has 27 heavy (non-hydrogen) atoms. The highest BCUT2D eigenvalue weighted by molar-refractivity contribution is 5.95. The SMILES string of the molecule is Cc1nc(-c2c(-c3ccc(F)cn3)nn3c2CC[C@@H]2C[C@@H]23)c2cn[nH]c2n1. The van der Waals surface area contributed by atoms with Gasteiger partial charge in [-0.25, -0.2) is 14.4 Å². The predicted octanol–water partition coefficient (Wildman–Crippen LogP) is 3.23. The molecule has 4 aromatic rings. The van der Waals surface area contributed by atoms with E-state index in [-0.39, 0.29) is 5.82 Å². The Morgan fingerprint density at radius 3 is 2.96 bits per heavy atom. The zero-order valence-electron chi connectivity index (χ0n) is 14.6. The maximum Gasteiger partial charge on any atom is 0.159 e. The largest absolute Gasteiger partial charge is 0.265 e. The molecule has 1 N–H and O–H groups in total. The zero-order chi connectivity index (χ0) is 18.1. The highest BCUT2D eigenvalue weighted by Gasteiger charge is 2.45. The van der Waals surface area contributed by atoms with Gasteiger partial charge in [0.05, 0.1) is 40.8 Å². The van der Waals surface area contributed by atoms with Gasteiger partial charge >= 0.3 is 0 Å². The van der Waals surface area contributed by atoms with Crippen LogP contribution in [0.2, 0.25) is 0 Å². The molecule has 4 aromatic heterocycles. The highest BCUT2D eigenvalue weighted by atomic mass is 19.1. The third kappa shape index (κ3) is 2.16. The molecule has 5 heterocycles. The third-order valence-corrected chi connectivity index (χ3v) is 5.59. The highest BCUT2D eigenvalue weighted by Crippen LogP contribution is 2.52. The van der Waals surface area contributed by atoms with Crippen LogP contribution in [0.25, 0.3) is 33.7 Å². The first-order valence-electron chi connectivity index (χ1n) is 9.10. The molecule has 0 radical (unpaired) electrons. The Kier molecular flexibility index (Phi) is 2.87. The fourth-order valence-electron chi connectivity index (χ4n) is 4.23. The van der Waals surface area contributed by atoms with Crippen LogP contribution in [0.1, 0.15) is 30.4 Å². The molecule has 8 heteroatoms. The van der Waals surface area contributed by atoms with E-state index in [1.54, 1.807) is 12.3 Å². The fraction of sp³-hybridized carbons (Fsp3) is 0.316. The first-order valence-corrected chi connectivity index (χ1v) is 9.10. The Morgan fingerprint density at radius 2 is 2.11 bits per heavy atom. The van der Waals surface area contributed by atoms with Crippen LogP contribution in [-0.4, -0.2) is 34.9 Å². The molecular weight excluding hydrogens is 345 g/mol. The summed E-state index contributed by atoms with van der Waals surface area (Å²) >= 11 is 0. The number of aryl methyl sites for hydroxylation is 1. The number of aromatic amines is 1. The Balaban J connectivity index is 1.67. The van der Waals surface area contributed by atoms with Crippen molar-refractivity contribution in [1.29, 1.82) is 0 Å². The number of fused-ring (bicyclic) bond motifs is 4. The van der Waals surface area contributed by atoms with Gasteiger partial charge in [-0.3, -0.25) is 14.8 Å². The van der Waals surface area contributed by atoms with Crippen molar-refractivity contribution in [2.45, 2.75) is 32.2 Å². The van der Waals surface area contributed by atoms with Gasteiger partial charge in [-0.05, 0) is 44.2 Å². The Morgan fingerprint density at radius 1 is 1.19 bits per heavy atom. The molecule has 0 spiro atoms. The van der Waals surface area contributed by atoms with Crippen LogP contribution in [-0.2, 0) is 6.42 Å². The maximum absolute atomic E-state index is 13.4. The number of nitrogens with one attached hydrogen (secondary N) is 1. The minimum absolute atomic E-state index is 0.360. The molecule has 6 rings (SSSR count). The number of aromatic nitrogens is 7. The number of hydrogen-bond donors (Lipinski definition) is 1. The molecule has 0 saturated heterocycles. The Labute approximate surface area is 153 Å². The summed E-state index contributed by atoms with van der Waals surface area (Å²) in [7, 11) is 0. The van der Waals surface area contributed by atoms with E-state index in [9.17, 15) is 4.39 Å². The van der Waals surface area contributed by atoms with Crippen molar-refractivity contribution in [3.63, 3.8) is 0 Å². The summed E-state index contributed by atoms with van der Waals surface area (Å²) in [6.07, 6.45) is 6.27. The first kappa shape index (κ1) is 15.0. The monoisotopic (exact) mass is 361 g/mol. The van der Waals surface area contributed by atoms with Crippen molar-refractivity contribution in [3.8, 4) is 22.6 Å². The summed E-state index contributed by atoms with van der Waals surface area (Å²) in [6, 6.07) is 3.56. The summed E-state index contributed by atoms with van der Waals surface area (Å²) in [4.78, 5) is 13.5. The van der Waals surface area contributed by atoms with Crippen molar-refractivity contribution in [1.82, 2.24) is 34.9 Å². The van der Waals surface area contributed by atoms with Gasteiger partial charge in [0.1, 0.15) is 17.3 Å². The summed E-state index contributed by atoms with van der Waals surface area (Å²) in [5.41, 5.74) is 5.06. The molecule has 0 amide bonds. The standard InChI is InChI=1S/C19H16FN7/c1-9-23-17(12-8-22-25-19(12)24-9)16-14-5-2-10-6-15(10)27(14)26-18(16)13-4-3-11(20)7-21-13/h3-4,7-8,10,15H,2,5-6H2,1H3,(H,22,23,24,25)/t10-,15+/m1/s1. The van der Waals surface area contributed by atoms with E-state index in [0.717, 1.165) is 41.1 Å². The molecular formula is C19H16FN7. The van der Waals surface area contributed by atoms with Gasteiger partial charge in [-0.15, -0.1) is 0 Å². The molecule has 0 bridgehead atoms. The van der Waals surface area contributed by atoms with Crippen LogP contribution >= 0.6 is 0 Å². The quantitative estimate of drug-likeness (QED) is 0.592. The first-order chi connectivity index (χ1) is 13.2. The van der Waals surface area contributed by atoms with Gasteiger partial charge in [0, 0.05) is 5.69 Å². The van der Waals surface area contributed by atoms with Crippen LogP contribution in [0.4, 0.5) is 4.39 Å². The van der Waals surface area contributed by atoms with Crippen molar-refractivity contribution < 1.29 is 4.39 Å². The van der Waals surface area contributed by atoms with Gasteiger partial charge < -0.3 is 0 Å². The van der Waals surface area contributed by atoms with Crippen LogP contribution in [0.15, 0.2) is 24.5 Å². The lowest BCUT2D eigenvalue weighted by atomic mass is 9.99. The summed E-state index contributed by atoms with van der Waals surface area (Å²) in [6.45, 7) is 1.87. The lowest BCUT2D eigenvalue weighted by Crippen LogP contribution is -2.10. The summed E-state index contributed by atoms with van der Waals surface area (Å²) < 4.78 is 15.6. The average molecular weight is 361 g/mol. The molecule has 2 atom stereocenters. The third-order valence-electron chi connectivity index (χ3n) is 5.59. The number of nitrogens with zero attached hydrogens (tertiary/aromatic N) is 6. The van der Waals surface area contributed by atoms with E-state index >= 15 is 0 Å². The molecule has 1 aliphatic carbocycles. The van der Waals surface area contributed by atoms with Gasteiger partial charge in [-0.2, -0.15) is 10.2 Å². The van der Waals surface area contributed by atoms with Crippen molar-refractivity contribution >= 4 is 11.0 Å². The van der Waals surface area contributed by atoms with E-state index in [1.165, 1.54) is 24.4 Å². The smallest absolute Gasteiger partial charge is 0.159 e. The number of hydrogen-bond acceptors (Lipinski definition) is 5. The molecule has 2 aliphatic rings. The van der Waals surface area contributed by atoms with E-state index in [1.807, 2.05) is 6.92 Å². The normalized spacial score (nSPS) is 20.5. The second kappa shape index (κ2) is 5.18. The van der Waals surface area contributed by atoms with E-state index in [0.29, 0.717) is 23.2 Å². The van der Waals surface area contributed by atoms with Crippen LogP contribution in [0, 0.1) is 18.7 Å². The maximum atomic E-state index is 13.4. The number of halogens is 1. The molecule has 1 aliphatic heterocycles. The van der Waals surface area contributed by atoms with Crippen LogP contribution < -0.4 is 0 Å². The second-order valence-electron chi connectivity index (χ2n) is 7.33. The molecule has 0 unspecified atom stereocenters. The van der Waals surface area contributed by atoms with Crippen LogP contribution in [0.5, 0.6) is 0 Å². The summed E-state index contributed by atoms with van der Waals surface area (Å²) in [5, 5.41) is 12.8. The van der Waals surface area contributed by atoms with Gasteiger partial charge in [0.25, 0.3) is 0 Å².